The predicted octanol–water partition coefficient (Wildman–Crippen LogP) is 2.93. The summed E-state index contributed by atoms with van der Waals surface area (Å²) in [5.41, 5.74) is 1.32. The van der Waals surface area contributed by atoms with Crippen molar-refractivity contribution < 1.29 is 9.53 Å². The summed E-state index contributed by atoms with van der Waals surface area (Å²) in [5, 5.41) is 2.93. The van der Waals surface area contributed by atoms with E-state index < -0.39 is 0 Å². The van der Waals surface area contributed by atoms with Crippen LogP contribution in [0.2, 0.25) is 0 Å². The molecule has 0 aromatic heterocycles. The Labute approximate surface area is 110 Å². The zero-order chi connectivity index (χ0) is 13.2. The van der Waals surface area contributed by atoms with Gasteiger partial charge in [-0.25, -0.2) is 0 Å². The standard InChI is InChI=1S/C15H23NO2/c1-3-6-15(17)16-12-5-4-7-13-8-10-14(18-2)11-9-13/h8-11H,3-7,12H2,1-2H3,(H,16,17). The first-order valence-corrected chi connectivity index (χ1v) is 6.66. The van der Waals surface area contributed by atoms with Crippen molar-refractivity contribution >= 4 is 5.91 Å². The topological polar surface area (TPSA) is 38.3 Å². The highest BCUT2D eigenvalue weighted by Crippen LogP contribution is 2.12. The fraction of sp³-hybridized carbons (Fsp3) is 0.533. The highest BCUT2D eigenvalue weighted by molar-refractivity contribution is 5.75. The molecule has 1 N–H and O–H groups in total. The summed E-state index contributed by atoms with van der Waals surface area (Å²) in [4.78, 5) is 11.2. The Balaban J connectivity index is 2.12. The normalized spacial score (nSPS) is 10.1. The molecule has 0 bridgehead atoms. The van der Waals surface area contributed by atoms with Crippen molar-refractivity contribution in [2.75, 3.05) is 13.7 Å². The molecule has 0 aliphatic heterocycles. The van der Waals surface area contributed by atoms with Gasteiger partial charge in [0.15, 0.2) is 0 Å². The van der Waals surface area contributed by atoms with E-state index in [-0.39, 0.29) is 5.91 Å². The second-order valence-corrected chi connectivity index (χ2v) is 4.41. The largest absolute Gasteiger partial charge is 0.497 e. The smallest absolute Gasteiger partial charge is 0.219 e. The van der Waals surface area contributed by atoms with Crippen molar-refractivity contribution in [1.82, 2.24) is 5.32 Å². The summed E-state index contributed by atoms with van der Waals surface area (Å²) in [6.07, 6.45) is 4.73. The summed E-state index contributed by atoms with van der Waals surface area (Å²) in [6.45, 7) is 2.80. The molecule has 0 spiro atoms. The number of benzene rings is 1. The summed E-state index contributed by atoms with van der Waals surface area (Å²) in [6, 6.07) is 8.15. The third-order valence-corrected chi connectivity index (χ3v) is 2.85. The number of rotatable bonds is 8. The van der Waals surface area contributed by atoms with Crippen LogP contribution in [0, 0.1) is 0 Å². The van der Waals surface area contributed by atoms with Crippen LogP contribution in [0.3, 0.4) is 0 Å². The van der Waals surface area contributed by atoms with Crippen LogP contribution < -0.4 is 10.1 Å². The molecule has 18 heavy (non-hydrogen) atoms. The molecule has 0 radical (unpaired) electrons. The first-order valence-electron chi connectivity index (χ1n) is 6.66. The maximum Gasteiger partial charge on any atom is 0.219 e. The van der Waals surface area contributed by atoms with Gasteiger partial charge >= 0.3 is 0 Å². The minimum Gasteiger partial charge on any atom is -0.497 e. The van der Waals surface area contributed by atoms with Crippen LogP contribution in [-0.2, 0) is 11.2 Å². The summed E-state index contributed by atoms with van der Waals surface area (Å²) < 4.78 is 5.11. The van der Waals surface area contributed by atoms with Gasteiger partial charge in [-0.2, -0.15) is 0 Å². The molecule has 3 heteroatoms. The Morgan fingerprint density at radius 1 is 1.22 bits per heavy atom. The van der Waals surface area contributed by atoms with Gasteiger partial charge in [0.05, 0.1) is 7.11 Å². The molecule has 1 aromatic carbocycles. The highest BCUT2D eigenvalue weighted by atomic mass is 16.5. The van der Waals surface area contributed by atoms with E-state index in [2.05, 4.69) is 17.4 Å². The second kappa shape index (κ2) is 8.56. The van der Waals surface area contributed by atoms with Crippen molar-refractivity contribution in [3.63, 3.8) is 0 Å². The fourth-order valence-electron chi connectivity index (χ4n) is 1.79. The van der Waals surface area contributed by atoms with E-state index in [1.165, 1.54) is 5.56 Å². The molecular formula is C15H23NO2. The lowest BCUT2D eigenvalue weighted by Gasteiger charge is -2.05. The number of amides is 1. The molecule has 0 heterocycles. The number of carbonyl (C=O) groups excluding carboxylic acids is 1. The predicted molar refractivity (Wildman–Crippen MR) is 73.8 cm³/mol. The molecule has 3 nitrogen and oxygen atoms in total. The monoisotopic (exact) mass is 249 g/mol. The van der Waals surface area contributed by atoms with E-state index in [1.54, 1.807) is 7.11 Å². The summed E-state index contributed by atoms with van der Waals surface area (Å²) in [5.74, 6) is 1.06. The third kappa shape index (κ3) is 5.71. The SMILES string of the molecule is CCCC(=O)NCCCCc1ccc(OC)cc1. The molecule has 100 valence electrons. The van der Waals surface area contributed by atoms with Crippen molar-refractivity contribution in [3.8, 4) is 5.75 Å². The highest BCUT2D eigenvalue weighted by Gasteiger charge is 1.98. The van der Waals surface area contributed by atoms with Gasteiger partial charge in [0, 0.05) is 13.0 Å². The number of aryl methyl sites for hydroxylation is 1. The summed E-state index contributed by atoms with van der Waals surface area (Å²) >= 11 is 0. The second-order valence-electron chi connectivity index (χ2n) is 4.41. The fourth-order valence-corrected chi connectivity index (χ4v) is 1.79. The number of unbranched alkanes of at least 4 members (excludes halogenated alkanes) is 1. The Kier molecular flexibility index (Phi) is 6.92. The molecule has 1 aromatic rings. The van der Waals surface area contributed by atoms with Gasteiger partial charge < -0.3 is 10.1 Å². The van der Waals surface area contributed by atoms with Gasteiger partial charge in [-0.15, -0.1) is 0 Å². The van der Waals surface area contributed by atoms with Crippen LogP contribution in [-0.4, -0.2) is 19.6 Å². The zero-order valence-corrected chi connectivity index (χ0v) is 11.4. The average molecular weight is 249 g/mol. The molecule has 0 saturated carbocycles. The number of nitrogens with one attached hydrogen (secondary N) is 1. The minimum absolute atomic E-state index is 0.168. The van der Waals surface area contributed by atoms with E-state index in [9.17, 15) is 4.79 Å². The maximum atomic E-state index is 11.2. The van der Waals surface area contributed by atoms with Crippen LogP contribution in [0.5, 0.6) is 5.75 Å². The van der Waals surface area contributed by atoms with Crippen LogP contribution in [0.15, 0.2) is 24.3 Å². The molecular weight excluding hydrogens is 226 g/mol. The van der Waals surface area contributed by atoms with E-state index in [1.807, 2.05) is 19.1 Å². The van der Waals surface area contributed by atoms with E-state index >= 15 is 0 Å². The van der Waals surface area contributed by atoms with Crippen LogP contribution in [0.25, 0.3) is 0 Å². The Hall–Kier alpha value is -1.51. The van der Waals surface area contributed by atoms with Gasteiger partial charge in [-0.05, 0) is 43.4 Å². The van der Waals surface area contributed by atoms with Crippen LogP contribution in [0.4, 0.5) is 0 Å². The van der Waals surface area contributed by atoms with Crippen LogP contribution >= 0.6 is 0 Å². The summed E-state index contributed by atoms with van der Waals surface area (Å²) in [7, 11) is 1.67. The van der Waals surface area contributed by atoms with Gasteiger partial charge in [-0.3, -0.25) is 4.79 Å². The molecule has 1 amide bonds. The molecule has 0 unspecified atom stereocenters. The van der Waals surface area contributed by atoms with E-state index in [4.69, 9.17) is 4.74 Å². The quantitative estimate of drug-likeness (QED) is 0.719. The van der Waals surface area contributed by atoms with Crippen LogP contribution in [0.1, 0.15) is 38.2 Å². The number of hydrogen-bond donors (Lipinski definition) is 1. The lowest BCUT2D eigenvalue weighted by atomic mass is 10.1. The average Bonchev–Trinajstić information content (AvgIpc) is 2.39. The zero-order valence-electron chi connectivity index (χ0n) is 11.4. The number of hydrogen-bond acceptors (Lipinski definition) is 2. The Bertz CT molecular complexity index is 346. The maximum absolute atomic E-state index is 11.2. The van der Waals surface area contributed by atoms with Gasteiger partial charge in [0.2, 0.25) is 5.91 Å². The van der Waals surface area contributed by atoms with Crippen molar-refractivity contribution in [2.45, 2.75) is 39.0 Å². The molecule has 0 saturated heterocycles. The first-order chi connectivity index (χ1) is 8.76. The van der Waals surface area contributed by atoms with Crippen molar-refractivity contribution in [1.29, 1.82) is 0 Å². The van der Waals surface area contributed by atoms with Crippen molar-refractivity contribution in [2.24, 2.45) is 0 Å². The number of carbonyl (C=O) groups is 1. The first kappa shape index (κ1) is 14.6. The molecule has 0 aliphatic carbocycles. The number of ether oxygens (including phenoxy) is 1. The Morgan fingerprint density at radius 3 is 2.56 bits per heavy atom. The number of methoxy groups -OCH3 is 1. The molecule has 0 fully saturated rings. The third-order valence-electron chi connectivity index (χ3n) is 2.85. The lowest BCUT2D eigenvalue weighted by molar-refractivity contribution is -0.121. The van der Waals surface area contributed by atoms with Gasteiger partial charge in [-0.1, -0.05) is 19.1 Å². The molecule has 1 rings (SSSR count). The molecule has 0 atom stereocenters. The van der Waals surface area contributed by atoms with E-state index in [0.29, 0.717) is 6.42 Å². The minimum atomic E-state index is 0.168. The van der Waals surface area contributed by atoms with Gasteiger partial charge in [0.1, 0.15) is 5.75 Å². The lowest BCUT2D eigenvalue weighted by Crippen LogP contribution is -2.23. The van der Waals surface area contributed by atoms with Crippen molar-refractivity contribution in [3.05, 3.63) is 29.8 Å². The molecule has 0 aliphatic rings. The van der Waals surface area contributed by atoms with Gasteiger partial charge in [0.25, 0.3) is 0 Å². The Morgan fingerprint density at radius 2 is 1.94 bits per heavy atom. The van der Waals surface area contributed by atoms with E-state index in [0.717, 1.165) is 38.0 Å².